The van der Waals surface area contributed by atoms with Crippen LogP contribution in [0.1, 0.15) is 48.8 Å². The molecule has 0 atom stereocenters. The van der Waals surface area contributed by atoms with Crippen LogP contribution in [0.4, 0.5) is 11.4 Å². The Morgan fingerprint density at radius 3 is 2.45 bits per heavy atom. The number of benzene rings is 1. The summed E-state index contributed by atoms with van der Waals surface area (Å²) in [5.41, 5.74) is 9.19. The Balaban J connectivity index is 1.45. The Morgan fingerprint density at radius 2 is 1.84 bits per heavy atom. The third kappa shape index (κ3) is 4.23. The Kier molecular flexibility index (Phi) is 5.63. The molecule has 2 aromatic heterocycles. The quantitative estimate of drug-likeness (QED) is 0.659. The van der Waals surface area contributed by atoms with Gasteiger partial charge in [0, 0.05) is 41.8 Å². The van der Waals surface area contributed by atoms with Crippen LogP contribution in [0.3, 0.4) is 0 Å². The summed E-state index contributed by atoms with van der Waals surface area (Å²) in [5, 5.41) is 8.19. The number of nitrogens with one attached hydrogen (secondary N) is 1. The van der Waals surface area contributed by atoms with Crippen LogP contribution in [0.15, 0.2) is 36.5 Å². The third-order valence-electron chi connectivity index (χ3n) is 5.88. The minimum absolute atomic E-state index is 0.0309. The SMILES string of the molecule is Cc1nc2c(cnn2C(C)C)cc1C(=O)Nc1ccc(N2CCC(C(N)=O)CC2)cc1. The lowest BCUT2D eigenvalue weighted by Gasteiger charge is -2.32. The fraction of sp³-hybridized carbons (Fsp3) is 0.391. The number of amides is 2. The summed E-state index contributed by atoms with van der Waals surface area (Å²) < 4.78 is 1.86. The molecule has 31 heavy (non-hydrogen) atoms. The van der Waals surface area contributed by atoms with Crippen LogP contribution in [-0.4, -0.2) is 39.7 Å². The van der Waals surface area contributed by atoms with Crippen molar-refractivity contribution in [2.75, 3.05) is 23.3 Å². The summed E-state index contributed by atoms with van der Waals surface area (Å²) in [6.07, 6.45) is 3.29. The number of rotatable bonds is 5. The molecule has 8 nitrogen and oxygen atoms in total. The summed E-state index contributed by atoms with van der Waals surface area (Å²) in [5.74, 6) is -0.437. The molecule has 1 aliphatic rings. The summed E-state index contributed by atoms with van der Waals surface area (Å²) in [7, 11) is 0. The van der Waals surface area contributed by atoms with E-state index in [9.17, 15) is 9.59 Å². The lowest BCUT2D eigenvalue weighted by molar-refractivity contribution is -0.122. The maximum atomic E-state index is 12.9. The van der Waals surface area contributed by atoms with E-state index in [4.69, 9.17) is 5.73 Å². The van der Waals surface area contributed by atoms with Crippen LogP contribution in [-0.2, 0) is 4.79 Å². The zero-order valence-electron chi connectivity index (χ0n) is 18.1. The second-order valence-electron chi connectivity index (χ2n) is 8.38. The highest BCUT2D eigenvalue weighted by atomic mass is 16.2. The van der Waals surface area contributed by atoms with Crippen LogP contribution in [0, 0.1) is 12.8 Å². The topological polar surface area (TPSA) is 106 Å². The fourth-order valence-electron chi connectivity index (χ4n) is 4.05. The molecule has 3 heterocycles. The van der Waals surface area contributed by atoms with Gasteiger partial charge in [-0.15, -0.1) is 0 Å². The smallest absolute Gasteiger partial charge is 0.257 e. The lowest BCUT2D eigenvalue weighted by atomic mass is 9.96. The first-order valence-corrected chi connectivity index (χ1v) is 10.6. The molecule has 0 spiro atoms. The number of anilines is 2. The first kappa shape index (κ1) is 20.8. The van der Waals surface area contributed by atoms with Crippen LogP contribution in [0.2, 0.25) is 0 Å². The second kappa shape index (κ2) is 8.37. The predicted octanol–water partition coefficient (Wildman–Crippen LogP) is 3.27. The van der Waals surface area contributed by atoms with Crippen LogP contribution >= 0.6 is 0 Å². The number of fused-ring (bicyclic) bond motifs is 1. The number of aryl methyl sites for hydroxylation is 1. The van der Waals surface area contributed by atoms with Crippen molar-refractivity contribution in [3.05, 3.63) is 47.8 Å². The summed E-state index contributed by atoms with van der Waals surface area (Å²) >= 11 is 0. The van der Waals surface area contributed by atoms with Gasteiger partial charge in [-0.2, -0.15) is 5.10 Å². The average molecular weight is 421 g/mol. The Bertz CT molecular complexity index is 1110. The maximum absolute atomic E-state index is 12.9. The van der Waals surface area contributed by atoms with E-state index >= 15 is 0 Å². The highest BCUT2D eigenvalue weighted by Gasteiger charge is 2.23. The van der Waals surface area contributed by atoms with Crippen LogP contribution < -0.4 is 16.0 Å². The highest BCUT2D eigenvalue weighted by Crippen LogP contribution is 2.25. The largest absolute Gasteiger partial charge is 0.371 e. The fourth-order valence-corrected chi connectivity index (χ4v) is 4.05. The van der Waals surface area contributed by atoms with Crippen LogP contribution in [0.5, 0.6) is 0 Å². The molecule has 1 aliphatic heterocycles. The molecular weight excluding hydrogens is 392 g/mol. The van der Waals surface area contributed by atoms with Gasteiger partial charge in [0.15, 0.2) is 5.65 Å². The van der Waals surface area contributed by atoms with Crippen molar-refractivity contribution in [3.63, 3.8) is 0 Å². The summed E-state index contributed by atoms with van der Waals surface area (Å²) in [6.45, 7) is 7.54. The van der Waals surface area contributed by atoms with Crippen LogP contribution in [0.25, 0.3) is 11.0 Å². The molecule has 0 radical (unpaired) electrons. The molecule has 3 aromatic rings. The van der Waals surface area contributed by atoms with E-state index < -0.39 is 0 Å². The molecular formula is C23H28N6O2. The van der Waals surface area contributed by atoms with Crippen molar-refractivity contribution in [2.24, 2.45) is 11.7 Å². The van der Waals surface area contributed by atoms with Crippen molar-refractivity contribution in [1.82, 2.24) is 14.8 Å². The van der Waals surface area contributed by atoms with Gasteiger partial charge in [0.25, 0.3) is 5.91 Å². The number of nitrogens with two attached hydrogens (primary N) is 1. The molecule has 1 saturated heterocycles. The van der Waals surface area contributed by atoms with E-state index in [1.807, 2.05) is 55.8 Å². The van der Waals surface area contributed by atoms with E-state index in [-0.39, 0.29) is 23.8 Å². The monoisotopic (exact) mass is 420 g/mol. The van der Waals surface area contributed by atoms with Crippen molar-refractivity contribution in [3.8, 4) is 0 Å². The van der Waals surface area contributed by atoms with E-state index in [0.717, 1.165) is 48.3 Å². The Hall–Kier alpha value is -3.42. The number of hydrogen-bond donors (Lipinski definition) is 2. The maximum Gasteiger partial charge on any atom is 0.257 e. The van der Waals surface area contributed by atoms with Gasteiger partial charge in [-0.05, 0) is 63.9 Å². The van der Waals surface area contributed by atoms with Crippen molar-refractivity contribution in [2.45, 2.75) is 39.7 Å². The molecule has 2 amide bonds. The van der Waals surface area contributed by atoms with Crippen molar-refractivity contribution < 1.29 is 9.59 Å². The second-order valence-corrected chi connectivity index (χ2v) is 8.38. The Labute approximate surface area is 181 Å². The predicted molar refractivity (Wildman–Crippen MR) is 121 cm³/mol. The van der Waals surface area contributed by atoms with Gasteiger partial charge in [0.2, 0.25) is 5.91 Å². The molecule has 0 bridgehead atoms. The molecule has 8 heteroatoms. The molecule has 0 saturated carbocycles. The van der Waals surface area contributed by atoms with E-state index in [1.54, 1.807) is 6.20 Å². The summed E-state index contributed by atoms with van der Waals surface area (Å²) in [6, 6.07) is 9.80. The number of carbonyl (C=O) groups is 2. The van der Waals surface area contributed by atoms with Gasteiger partial charge in [0.05, 0.1) is 17.5 Å². The van der Waals surface area contributed by atoms with E-state index in [0.29, 0.717) is 11.3 Å². The van der Waals surface area contributed by atoms with Gasteiger partial charge >= 0.3 is 0 Å². The lowest BCUT2D eigenvalue weighted by Crippen LogP contribution is -2.38. The minimum atomic E-state index is -0.211. The number of aromatic nitrogens is 3. The molecule has 1 fully saturated rings. The first-order valence-electron chi connectivity index (χ1n) is 10.6. The molecule has 0 aliphatic carbocycles. The van der Waals surface area contributed by atoms with Crippen molar-refractivity contribution >= 4 is 34.2 Å². The zero-order valence-corrected chi connectivity index (χ0v) is 18.1. The number of hydrogen-bond acceptors (Lipinski definition) is 5. The summed E-state index contributed by atoms with van der Waals surface area (Å²) in [4.78, 5) is 31.1. The molecule has 3 N–H and O–H groups in total. The van der Waals surface area contributed by atoms with Gasteiger partial charge < -0.3 is 16.0 Å². The first-order chi connectivity index (χ1) is 14.8. The number of carbonyl (C=O) groups excluding carboxylic acids is 2. The van der Waals surface area contributed by atoms with Gasteiger partial charge in [-0.1, -0.05) is 0 Å². The number of piperidine rings is 1. The normalized spacial score (nSPS) is 14.9. The zero-order chi connectivity index (χ0) is 22.1. The standard InChI is InChI=1S/C23H28N6O2/c1-14(2)29-22-17(13-25-29)12-20(15(3)26-22)23(31)27-18-4-6-19(7-5-18)28-10-8-16(9-11-28)21(24)30/h4-7,12-14,16H,8-11H2,1-3H3,(H2,24,30)(H,27,31). The average Bonchev–Trinajstić information content (AvgIpc) is 3.16. The number of nitrogens with zero attached hydrogens (tertiary/aromatic N) is 4. The van der Waals surface area contributed by atoms with E-state index in [2.05, 4.69) is 20.3 Å². The number of pyridine rings is 1. The molecule has 162 valence electrons. The Morgan fingerprint density at radius 1 is 1.16 bits per heavy atom. The van der Waals surface area contributed by atoms with Gasteiger partial charge in [-0.25, -0.2) is 9.67 Å². The molecule has 0 unspecified atom stereocenters. The highest BCUT2D eigenvalue weighted by molar-refractivity contribution is 6.06. The van der Waals surface area contributed by atoms with Gasteiger partial charge in [0.1, 0.15) is 0 Å². The molecule has 1 aromatic carbocycles. The van der Waals surface area contributed by atoms with Gasteiger partial charge in [-0.3, -0.25) is 9.59 Å². The minimum Gasteiger partial charge on any atom is -0.371 e. The van der Waals surface area contributed by atoms with Crippen molar-refractivity contribution in [1.29, 1.82) is 0 Å². The molecule has 4 rings (SSSR count). The van der Waals surface area contributed by atoms with E-state index in [1.165, 1.54) is 0 Å². The third-order valence-corrected chi connectivity index (χ3v) is 5.88. The number of primary amides is 1.